The fourth-order valence-electron chi connectivity index (χ4n) is 5.13. The molecule has 0 spiro atoms. The van der Waals surface area contributed by atoms with Gasteiger partial charge in [-0.05, 0) is 62.8 Å². The zero-order valence-corrected chi connectivity index (χ0v) is 26.9. The van der Waals surface area contributed by atoms with Gasteiger partial charge in [0.2, 0.25) is 5.91 Å². The van der Waals surface area contributed by atoms with Crippen LogP contribution in [0.2, 0.25) is 0 Å². The monoisotopic (exact) mass is 642 g/mol. The first-order valence-corrected chi connectivity index (χ1v) is 16.5. The number of nitrogens with zero attached hydrogens (tertiary/aromatic N) is 2. The van der Waals surface area contributed by atoms with Gasteiger partial charge in [-0.25, -0.2) is 9.78 Å². The van der Waals surface area contributed by atoms with E-state index >= 15 is 0 Å². The molecule has 2 radical (unpaired) electrons. The molecule has 3 atom stereocenters. The maximum Gasteiger partial charge on any atom is 0.414 e. The Morgan fingerprint density at radius 3 is 2.43 bits per heavy atom. The lowest BCUT2D eigenvalue weighted by atomic mass is 9.94. The third-order valence-electron chi connectivity index (χ3n) is 8.11. The minimum Gasteiger partial charge on any atom is -0.449 e. The Balaban J connectivity index is 1.34. The van der Waals surface area contributed by atoms with Crippen LogP contribution in [-0.4, -0.2) is 75.0 Å². The molecule has 5 rings (SSSR count). The summed E-state index contributed by atoms with van der Waals surface area (Å²) in [5, 5.41) is 14.2. The zero-order chi connectivity index (χ0) is 32.6. The number of carbonyl (C=O) groups excluding carboxylic acids is 4. The summed E-state index contributed by atoms with van der Waals surface area (Å²) in [5.74, 6) is -0.350. The third kappa shape index (κ3) is 9.17. The van der Waals surface area contributed by atoms with Crippen molar-refractivity contribution in [2.45, 2.75) is 57.7 Å². The second-order valence-corrected chi connectivity index (χ2v) is 12.6. The first-order chi connectivity index (χ1) is 22.2. The van der Waals surface area contributed by atoms with Gasteiger partial charge in [0.15, 0.2) is 0 Å². The van der Waals surface area contributed by atoms with Gasteiger partial charge in [0.1, 0.15) is 7.85 Å². The van der Waals surface area contributed by atoms with Gasteiger partial charge in [-0.15, -0.1) is 11.3 Å². The summed E-state index contributed by atoms with van der Waals surface area (Å²) in [5.41, 5.74) is 4.84. The van der Waals surface area contributed by atoms with E-state index in [1.165, 1.54) is 22.3 Å². The highest BCUT2D eigenvalue weighted by molar-refractivity contribution is 7.07. The second-order valence-electron chi connectivity index (χ2n) is 11.9. The summed E-state index contributed by atoms with van der Waals surface area (Å²) in [4.78, 5) is 58.3. The average Bonchev–Trinajstić information content (AvgIpc) is 3.75. The van der Waals surface area contributed by atoms with Crippen molar-refractivity contribution in [3.8, 4) is 0 Å². The number of hydrogen-bond donors (Lipinski definition) is 4. The minimum atomic E-state index is -0.537. The van der Waals surface area contributed by atoms with Crippen LogP contribution in [0.4, 0.5) is 10.5 Å². The standard InChI is InChI=1S/C33H39BN6O5S/c1-20(23-6-8-26(34)9-7-23)38-31(42)24-12-25(14-29(13-24)40-10-3-11-45-33(40)44)32(43)39-27(15-28-18-46-19-37-28)17-35-21(2)30(41)36-16-22-4-5-22/h6-9,12-14,18-22,27,35H,3-5,10-11,15-17H2,1-2H3,(H,36,41)(H,38,42)(H,39,43)/t20-,21+,27+/m1/s1. The number of carbonyl (C=O) groups is 4. The Hall–Kier alpha value is -4.23. The van der Waals surface area contributed by atoms with Crippen LogP contribution in [-0.2, 0) is 16.0 Å². The summed E-state index contributed by atoms with van der Waals surface area (Å²) in [6, 6.07) is 10.7. The number of thiazole rings is 1. The average molecular weight is 643 g/mol. The summed E-state index contributed by atoms with van der Waals surface area (Å²) < 4.78 is 5.24. The van der Waals surface area contributed by atoms with Gasteiger partial charge in [-0.2, -0.15) is 0 Å². The molecule has 11 nitrogen and oxygen atoms in total. The first-order valence-electron chi connectivity index (χ1n) is 15.6. The molecule has 13 heteroatoms. The van der Waals surface area contributed by atoms with Crippen molar-refractivity contribution in [3.05, 3.63) is 75.7 Å². The Morgan fingerprint density at radius 2 is 1.78 bits per heavy atom. The van der Waals surface area contributed by atoms with Crippen LogP contribution in [0.15, 0.2) is 53.4 Å². The van der Waals surface area contributed by atoms with E-state index < -0.39 is 30.0 Å². The molecular formula is C33H39BN6O5S. The maximum atomic E-state index is 13.8. The molecule has 1 saturated carbocycles. The van der Waals surface area contributed by atoms with Crippen LogP contribution in [0.3, 0.4) is 0 Å². The van der Waals surface area contributed by atoms with Crippen molar-refractivity contribution >= 4 is 54.1 Å². The Morgan fingerprint density at radius 1 is 1.07 bits per heavy atom. The number of ether oxygens (including phenoxy) is 1. The molecule has 240 valence electrons. The van der Waals surface area contributed by atoms with E-state index in [1.54, 1.807) is 36.7 Å². The Kier molecular flexibility index (Phi) is 11.1. The number of nitrogens with one attached hydrogen (secondary N) is 4. The van der Waals surface area contributed by atoms with Gasteiger partial charge < -0.3 is 26.0 Å². The smallest absolute Gasteiger partial charge is 0.414 e. The van der Waals surface area contributed by atoms with Crippen LogP contribution >= 0.6 is 11.3 Å². The molecule has 4 N–H and O–H groups in total. The predicted octanol–water partition coefficient (Wildman–Crippen LogP) is 2.62. The van der Waals surface area contributed by atoms with E-state index in [1.807, 2.05) is 24.4 Å². The molecule has 0 bridgehead atoms. The van der Waals surface area contributed by atoms with Crippen molar-refractivity contribution in [2.24, 2.45) is 5.92 Å². The minimum absolute atomic E-state index is 0.0874. The quantitative estimate of drug-likeness (QED) is 0.198. The van der Waals surface area contributed by atoms with E-state index in [2.05, 4.69) is 26.3 Å². The Labute approximate surface area is 274 Å². The van der Waals surface area contributed by atoms with Crippen LogP contribution < -0.4 is 31.6 Å². The predicted molar refractivity (Wildman–Crippen MR) is 178 cm³/mol. The highest BCUT2D eigenvalue weighted by atomic mass is 32.1. The number of hydrogen-bond acceptors (Lipinski definition) is 8. The zero-order valence-electron chi connectivity index (χ0n) is 26.1. The second kappa shape index (κ2) is 15.4. The van der Waals surface area contributed by atoms with Crippen LogP contribution in [0.25, 0.3) is 0 Å². The summed E-state index contributed by atoms with van der Waals surface area (Å²) >= 11 is 1.46. The number of amides is 4. The molecule has 2 fully saturated rings. The van der Waals surface area contributed by atoms with Gasteiger partial charge in [-0.1, -0.05) is 29.7 Å². The molecule has 2 heterocycles. The normalized spacial score (nSPS) is 16.6. The number of anilines is 1. The molecular weight excluding hydrogens is 603 g/mol. The van der Waals surface area contributed by atoms with E-state index in [9.17, 15) is 19.2 Å². The molecule has 2 aliphatic rings. The van der Waals surface area contributed by atoms with Gasteiger partial charge >= 0.3 is 6.09 Å². The molecule has 0 unspecified atom stereocenters. The highest BCUT2D eigenvalue weighted by Gasteiger charge is 2.26. The summed E-state index contributed by atoms with van der Waals surface area (Å²) in [6.07, 6.45) is 2.81. The Bertz CT molecular complexity index is 1530. The first kappa shape index (κ1) is 33.1. The largest absolute Gasteiger partial charge is 0.449 e. The molecule has 46 heavy (non-hydrogen) atoms. The fraction of sp³-hybridized carbons (Fsp3) is 0.424. The molecule has 1 saturated heterocycles. The molecule has 1 aliphatic carbocycles. The molecule has 2 aromatic carbocycles. The van der Waals surface area contributed by atoms with Crippen LogP contribution in [0.5, 0.6) is 0 Å². The molecule has 1 aliphatic heterocycles. The van der Waals surface area contributed by atoms with Crippen LogP contribution in [0.1, 0.15) is 71.1 Å². The van der Waals surface area contributed by atoms with Gasteiger partial charge in [0.05, 0.1) is 29.9 Å². The lowest BCUT2D eigenvalue weighted by molar-refractivity contribution is -0.122. The van der Waals surface area contributed by atoms with E-state index in [0.717, 1.165) is 24.1 Å². The number of rotatable bonds is 14. The lowest BCUT2D eigenvalue weighted by Crippen LogP contribution is -2.49. The van der Waals surface area contributed by atoms with Crippen molar-refractivity contribution in [3.63, 3.8) is 0 Å². The molecule has 1 aromatic heterocycles. The van der Waals surface area contributed by atoms with Gasteiger partial charge in [-0.3, -0.25) is 19.3 Å². The number of cyclic esters (lactones) is 1. The van der Waals surface area contributed by atoms with E-state index in [-0.39, 0.29) is 23.1 Å². The molecule has 3 aromatic rings. The maximum absolute atomic E-state index is 13.8. The summed E-state index contributed by atoms with van der Waals surface area (Å²) in [6.45, 7) is 5.34. The number of benzene rings is 2. The summed E-state index contributed by atoms with van der Waals surface area (Å²) in [7, 11) is 5.81. The van der Waals surface area contributed by atoms with Crippen molar-refractivity contribution in [2.75, 3.05) is 31.1 Å². The number of aromatic nitrogens is 1. The topological polar surface area (TPSA) is 142 Å². The third-order valence-corrected chi connectivity index (χ3v) is 8.74. The van der Waals surface area contributed by atoms with Crippen LogP contribution in [0, 0.1) is 5.92 Å². The van der Waals surface area contributed by atoms with Gasteiger partial charge in [0.25, 0.3) is 11.8 Å². The van der Waals surface area contributed by atoms with E-state index in [4.69, 9.17) is 12.6 Å². The highest BCUT2D eigenvalue weighted by Crippen LogP contribution is 2.27. The fourth-order valence-corrected chi connectivity index (χ4v) is 5.70. The SMILES string of the molecule is [B]c1ccc([C@@H](C)NC(=O)c2cc(C(=O)N[C@H](CN[C@@H](C)C(=O)NCC3CC3)Cc3cscn3)cc(N3CCCOC3=O)c2)cc1. The van der Waals surface area contributed by atoms with E-state index in [0.29, 0.717) is 56.2 Å². The van der Waals surface area contributed by atoms with Gasteiger partial charge in [0, 0.05) is 54.3 Å². The van der Waals surface area contributed by atoms with Crippen molar-refractivity contribution in [1.29, 1.82) is 0 Å². The van der Waals surface area contributed by atoms with Crippen molar-refractivity contribution in [1.82, 2.24) is 26.3 Å². The molecule has 4 amide bonds. The lowest BCUT2D eigenvalue weighted by Gasteiger charge is -2.27. The van der Waals surface area contributed by atoms with Crippen molar-refractivity contribution < 1.29 is 23.9 Å².